The van der Waals surface area contributed by atoms with Crippen molar-refractivity contribution in [3.8, 4) is 0 Å². The van der Waals surface area contributed by atoms with E-state index in [1.807, 2.05) is 11.8 Å². The smallest absolute Gasteiger partial charge is 0.242 e. The van der Waals surface area contributed by atoms with Gasteiger partial charge >= 0.3 is 0 Å². The molecule has 5 heteroatoms. The van der Waals surface area contributed by atoms with Gasteiger partial charge in [0.1, 0.15) is 11.9 Å². The zero-order valence-corrected chi connectivity index (χ0v) is 10.7. The van der Waals surface area contributed by atoms with E-state index < -0.39 is 0 Å². The van der Waals surface area contributed by atoms with Crippen LogP contribution in [0.3, 0.4) is 0 Å². The molecular weight excluding hydrogens is 233 g/mol. The molecule has 18 heavy (non-hydrogen) atoms. The molecule has 3 N–H and O–H groups in total. The number of nitrogens with zero attached hydrogens (tertiary/aromatic N) is 1. The Balaban J connectivity index is 2.40. The van der Waals surface area contributed by atoms with E-state index in [4.69, 9.17) is 5.73 Å². The van der Waals surface area contributed by atoms with Gasteiger partial charge in [-0.25, -0.2) is 4.39 Å². The molecule has 0 spiro atoms. The third-order valence-corrected chi connectivity index (χ3v) is 3.33. The van der Waals surface area contributed by atoms with E-state index >= 15 is 0 Å². The Labute approximate surface area is 106 Å². The van der Waals surface area contributed by atoms with Crippen LogP contribution < -0.4 is 16.0 Å². The van der Waals surface area contributed by atoms with Crippen LogP contribution in [0, 0.1) is 12.7 Å². The largest absolute Gasteiger partial charge is 0.397 e. The van der Waals surface area contributed by atoms with Crippen LogP contribution in [-0.4, -0.2) is 25.0 Å². The van der Waals surface area contributed by atoms with Gasteiger partial charge in [-0.1, -0.05) is 6.92 Å². The second-order valence-corrected chi connectivity index (χ2v) is 4.57. The Hall–Kier alpha value is -1.78. The lowest BCUT2D eigenvalue weighted by Gasteiger charge is -2.37. The SMILES string of the molecule is CCC1C(=O)NCCN1c1cc(C)c(F)cc1N. The molecule has 0 bridgehead atoms. The highest BCUT2D eigenvalue weighted by Crippen LogP contribution is 2.29. The summed E-state index contributed by atoms with van der Waals surface area (Å²) in [5.74, 6) is -0.309. The molecule has 1 aromatic carbocycles. The number of nitrogens with one attached hydrogen (secondary N) is 1. The van der Waals surface area contributed by atoms with E-state index in [1.54, 1.807) is 13.0 Å². The molecule has 1 unspecified atom stereocenters. The molecular formula is C13H18FN3O. The van der Waals surface area contributed by atoms with Gasteiger partial charge in [0, 0.05) is 13.1 Å². The van der Waals surface area contributed by atoms with Crippen LogP contribution in [0.2, 0.25) is 0 Å². The van der Waals surface area contributed by atoms with E-state index in [0.717, 1.165) is 5.69 Å². The summed E-state index contributed by atoms with van der Waals surface area (Å²) < 4.78 is 13.4. The summed E-state index contributed by atoms with van der Waals surface area (Å²) in [5, 5.41) is 2.83. The Morgan fingerprint density at radius 2 is 2.28 bits per heavy atom. The molecule has 1 aliphatic heterocycles. The number of hydrogen-bond acceptors (Lipinski definition) is 3. The van der Waals surface area contributed by atoms with Crippen molar-refractivity contribution in [2.24, 2.45) is 0 Å². The molecule has 2 rings (SSSR count). The first-order valence-corrected chi connectivity index (χ1v) is 6.14. The first kappa shape index (κ1) is 12.7. The molecule has 4 nitrogen and oxygen atoms in total. The van der Waals surface area contributed by atoms with Crippen molar-refractivity contribution in [3.63, 3.8) is 0 Å². The van der Waals surface area contributed by atoms with Crippen molar-refractivity contribution in [2.45, 2.75) is 26.3 Å². The third kappa shape index (κ3) is 2.12. The molecule has 0 radical (unpaired) electrons. The summed E-state index contributed by atoms with van der Waals surface area (Å²) >= 11 is 0. The number of nitrogens with two attached hydrogens (primary N) is 1. The minimum atomic E-state index is -0.314. The molecule has 98 valence electrons. The molecule has 0 aliphatic carbocycles. The summed E-state index contributed by atoms with van der Waals surface area (Å²) in [6.07, 6.45) is 0.696. The summed E-state index contributed by atoms with van der Waals surface area (Å²) in [5.41, 5.74) is 7.54. The van der Waals surface area contributed by atoms with Crippen LogP contribution in [0.1, 0.15) is 18.9 Å². The first-order valence-electron chi connectivity index (χ1n) is 6.14. The topological polar surface area (TPSA) is 58.4 Å². The molecule has 0 saturated carbocycles. The summed E-state index contributed by atoms with van der Waals surface area (Å²) in [6.45, 7) is 4.93. The summed E-state index contributed by atoms with van der Waals surface area (Å²) in [7, 11) is 0. The number of aryl methyl sites for hydroxylation is 1. The number of carbonyl (C=O) groups excluding carboxylic acids is 1. The fourth-order valence-corrected chi connectivity index (χ4v) is 2.34. The molecule has 1 fully saturated rings. The maximum atomic E-state index is 13.4. The van der Waals surface area contributed by atoms with Gasteiger partial charge in [0.25, 0.3) is 0 Å². The second-order valence-electron chi connectivity index (χ2n) is 4.57. The number of piperazine rings is 1. The van der Waals surface area contributed by atoms with E-state index in [0.29, 0.717) is 30.8 Å². The van der Waals surface area contributed by atoms with Crippen LogP contribution in [0.4, 0.5) is 15.8 Å². The molecule has 1 amide bonds. The van der Waals surface area contributed by atoms with E-state index in [2.05, 4.69) is 5.32 Å². The molecule has 1 saturated heterocycles. The van der Waals surface area contributed by atoms with E-state index in [-0.39, 0.29) is 17.8 Å². The average Bonchev–Trinajstić information content (AvgIpc) is 2.33. The maximum Gasteiger partial charge on any atom is 0.242 e. The van der Waals surface area contributed by atoms with Gasteiger partial charge in [-0.2, -0.15) is 0 Å². The van der Waals surface area contributed by atoms with Gasteiger partial charge in [-0.3, -0.25) is 4.79 Å². The molecule has 1 heterocycles. The van der Waals surface area contributed by atoms with E-state index in [9.17, 15) is 9.18 Å². The highest BCUT2D eigenvalue weighted by molar-refractivity contribution is 5.88. The summed E-state index contributed by atoms with van der Waals surface area (Å²) in [6, 6.07) is 2.81. The van der Waals surface area contributed by atoms with Crippen molar-refractivity contribution in [1.29, 1.82) is 0 Å². The van der Waals surface area contributed by atoms with Gasteiger partial charge in [0.05, 0.1) is 11.4 Å². The fourth-order valence-electron chi connectivity index (χ4n) is 2.34. The Morgan fingerprint density at radius 3 is 2.94 bits per heavy atom. The minimum Gasteiger partial charge on any atom is -0.397 e. The number of benzene rings is 1. The monoisotopic (exact) mass is 251 g/mol. The molecule has 1 atom stereocenters. The number of nitrogen functional groups attached to an aromatic ring is 1. The quantitative estimate of drug-likeness (QED) is 0.782. The number of carbonyl (C=O) groups is 1. The molecule has 1 aliphatic rings. The second kappa shape index (κ2) is 4.84. The lowest BCUT2D eigenvalue weighted by Crippen LogP contribution is -2.55. The maximum absolute atomic E-state index is 13.4. The van der Waals surface area contributed by atoms with Crippen LogP contribution >= 0.6 is 0 Å². The summed E-state index contributed by atoms with van der Waals surface area (Å²) in [4.78, 5) is 13.8. The van der Waals surface area contributed by atoms with Crippen molar-refractivity contribution in [3.05, 3.63) is 23.5 Å². The van der Waals surface area contributed by atoms with Gasteiger partial charge < -0.3 is 16.0 Å². The molecule has 0 aromatic heterocycles. The van der Waals surface area contributed by atoms with Gasteiger partial charge in [-0.05, 0) is 31.0 Å². The average molecular weight is 251 g/mol. The zero-order chi connectivity index (χ0) is 13.3. The van der Waals surface area contributed by atoms with Gasteiger partial charge in [-0.15, -0.1) is 0 Å². The standard InChI is InChI=1S/C13H18FN3O/c1-3-11-13(18)16-4-5-17(11)12-6-8(2)9(14)7-10(12)15/h6-7,11H,3-5,15H2,1-2H3,(H,16,18). The lowest BCUT2D eigenvalue weighted by atomic mass is 10.1. The Kier molecular flexibility index (Phi) is 3.41. The highest BCUT2D eigenvalue weighted by atomic mass is 19.1. The van der Waals surface area contributed by atoms with Crippen LogP contribution in [-0.2, 0) is 4.79 Å². The molecule has 1 aromatic rings. The van der Waals surface area contributed by atoms with Crippen LogP contribution in [0.5, 0.6) is 0 Å². The van der Waals surface area contributed by atoms with Crippen LogP contribution in [0.15, 0.2) is 12.1 Å². The number of rotatable bonds is 2. The Bertz CT molecular complexity index is 476. The predicted octanol–water partition coefficient (Wildman–Crippen LogP) is 1.43. The highest BCUT2D eigenvalue weighted by Gasteiger charge is 2.29. The number of halogens is 1. The van der Waals surface area contributed by atoms with Crippen molar-refractivity contribution < 1.29 is 9.18 Å². The van der Waals surface area contributed by atoms with Crippen molar-refractivity contribution in [1.82, 2.24) is 5.32 Å². The van der Waals surface area contributed by atoms with Gasteiger partial charge in [0.2, 0.25) is 5.91 Å². The number of hydrogen-bond donors (Lipinski definition) is 2. The third-order valence-electron chi connectivity index (χ3n) is 3.33. The van der Waals surface area contributed by atoms with Crippen molar-refractivity contribution >= 4 is 17.3 Å². The predicted molar refractivity (Wildman–Crippen MR) is 70.0 cm³/mol. The van der Waals surface area contributed by atoms with Gasteiger partial charge in [0.15, 0.2) is 0 Å². The normalized spacial score (nSPS) is 19.8. The fraction of sp³-hybridized carbons (Fsp3) is 0.462. The van der Waals surface area contributed by atoms with Crippen LogP contribution in [0.25, 0.3) is 0 Å². The zero-order valence-electron chi connectivity index (χ0n) is 10.7. The first-order chi connectivity index (χ1) is 8.54. The van der Waals surface area contributed by atoms with Crippen molar-refractivity contribution in [2.75, 3.05) is 23.7 Å². The lowest BCUT2D eigenvalue weighted by molar-refractivity contribution is -0.123. The number of amides is 1. The van der Waals surface area contributed by atoms with E-state index in [1.165, 1.54) is 6.07 Å². The Morgan fingerprint density at radius 1 is 1.56 bits per heavy atom. The number of anilines is 2. The minimum absolute atomic E-state index is 0.00475.